The molecule has 0 aliphatic carbocycles. The highest BCUT2D eigenvalue weighted by Crippen LogP contribution is 2.12. The Morgan fingerprint density at radius 1 is 1.33 bits per heavy atom. The highest BCUT2D eigenvalue weighted by molar-refractivity contribution is 5.70. The predicted octanol–water partition coefficient (Wildman–Crippen LogP) is 0.740. The first-order valence-corrected chi connectivity index (χ1v) is 4.75. The number of carbonyl (C=O) groups is 1. The zero-order valence-corrected chi connectivity index (χ0v) is 8.73. The van der Waals surface area contributed by atoms with E-state index in [1.54, 1.807) is 0 Å². The Balaban J connectivity index is 2.45. The van der Waals surface area contributed by atoms with E-state index in [1.807, 2.05) is 24.3 Å². The normalized spacial score (nSPS) is 9.73. The number of ether oxygens (including phenoxy) is 2. The number of benzene rings is 1. The van der Waals surface area contributed by atoms with Crippen LogP contribution < -0.4 is 10.5 Å². The SMILES string of the molecule is COC(=O)COc1ccc(CCN)cc1. The summed E-state index contributed by atoms with van der Waals surface area (Å²) in [6.45, 7) is 0.565. The van der Waals surface area contributed by atoms with Crippen molar-refractivity contribution in [2.75, 3.05) is 20.3 Å². The van der Waals surface area contributed by atoms with Crippen LogP contribution >= 0.6 is 0 Å². The van der Waals surface area contributed by atoms with Crippen LogP contribution in [0.4, 0.5) is 0 Å². The van der Waals surface area contributed by atoms with Crippen LogP contribution in [0.15, 0.2) is 24.3 Å². The van der Waals surface area contributed by atoms with Gasteiger partial charge in [-0.1, -0.05) is 12.1 Å². The van der Waals surface area contributed by atoms with Crippen molar-refractivity contribution in [1.82, 2.24) is 0 Å². The molecule has 0 spiro atoms. The Morgan fingerprint density at radius 3 is 2.53 bits per heavy atom. The Morgan fingerprint density at radius 2 is 2.00 bits per heavy atom. The molecule has 0 aliphatic rings. The monoisotopic (exact) mass is 209 g/mol. The maximum Gasteiger partial charge on any atom is 0.343 e. The highest BCUT2D eigenvalue weighted by atomic mass is 16.6. The number of esters is 1. The van der Waals surface area contributed by atoms with Gasteiger partial charge in [-0.15, -0.1) is 0 Å². The Labute approximate surface area is 89.0 Å². The fourth-order valence-corrected chi connectivity index (χ4v) is 1.12. The van der Waals surface area contributed by atoms with Gasteiger partial charge in [0.2, 0.25) is 0 Å². The van der Waals surface area contributed by atoms with E-state index >= 15 is 0 Å². The summed E-state index contributed by atoms with van der Waals surface area (Å²) in [6.07, 6.45) is 0.845. The summed E-state index contributed by atoms with van der Waals surface area (Å²) < 4.78 is 9.64. The molecule has 0 heterocycles. The van der Waals surface area contributed by atoms with Gasteiger partial charge in [0, 0.05) is 0 Å². The van der Waals surface area contributed by atoms with Crippen LogP contribution in [0.25, 0.3) is 0 Å². The van der Waals surface area contributed by atoms with Crippen LogP contribution in [0.2, 0.25) is 0 Å². The van der Waals surface area contributed by atoms with Gasteiger partial charge in [0.15, 0.2) is 6.61 Å². The first-order chi connectivity index (χ1) is 7.26. The highest BCUT2D eigenvalue weighted by Gasteiger charge is 2.01. The molecule has 2 N–H and O–H groups in total. The molecular formula is C11H15NO3. The second-order valence-corrected chi connectivity index (χ2v) is 3.05. The summed E-state index contributed by atoms with van der Waals surface area (Å²) in [5.41, 5.74) is 6.58. The molecule has 4 nitrogen and oxygen atoms in total. The van der Waals surface area contributed by atoms with E-state index in [-0.39, 0.29) is 12.6 Å². The zero-order valence-electron chi connectivity index (χ0n) is 8.73. The first-order valence-electron chi connectivity index (χ1n) is 4.75. The van der Waals surface area contributed by atoms with Gasteiger partial charge in [-0.05, 0) is 30.7 Å². The molecule has 0 fully saturated rings. The van der Waals surface area contributed by atoms with Crippen molar-refractivity contribution in [3.8, 4) is 5.75 Å². The van der Waals surface area contributed by atoms with E-state index in [4.69, 9.17) is 10.5 Å². The van der Waals surface area contributed by atoms with Crippen molar-refractivity contribution in [2.24, 2.45) is 5.73 Å². The fraction of sp³-hybridized carbons (Fsp3) is 0.364. The van der Waals surface area contributed by atoms with Gasteiger partial charge < -0.3 is 15.2 Å². The molecule has 1 aromatic rings. The third kappa shape index (κ3) is 3.99. The van der Waals surface area contributed by atoms with E-state index in [2.05, 4.69) is 4.74 Å². The lowest BCUT2D eigenvalue weighted by Crippen LogP contribution is -2.12. The maximum absolute atomic E-state index is 10.8. The summed E-state index contributed by atoms with van der Waals surface area (Å²) in [5.74, 6) is 0.266. The molecule has 0 aliphatic heterocycles. The second kappa shape index (κ2) is 6.03. The smallest absolute Gasteiger partial charge is 0.343 e. The van der Waals surface area contributed by atoms with Gasteiger partial charge in [-0.25, -0.2) is 4.79 Å². The molecule has 0 aromatic heterocycles. The Hall–Kier alpha value is -1.55. The zero-order chi connectivity index (χ0) is 11.1. The van der Waals surface area contributed by atoms with Crippen molar-refractivity contribution < 1.29 is 14.3 Å². The van der Waals surface area contributed by atoms with E-state index in [1.165, 1.54) is 7.11 Å². The molecule has 0 saturated carbocycles. The summed E-state index contributed by atoms with van der Waals surface area (Å²) in [5, 5.41) is 0. The standard InChI is InChI=1S/C11H15NO3/c1-14-11(13)8-15-10-4-2-9(3-5-10)6-7-12/h2-5H,6-8,12H2,1H3. The third-order valence-corrected chi connectivity index (χ3v) is 1.94. The molecule has 1 aromatic carbocycles. The quantitative estimate of drug-likeness (QED) is 0.726. The molecule has 0 saturated heterocycles. The molecule has 4 heteroatoms. The van der Waals surface area contributed by atoms with Gasteiger partial charge in [0.05, 0.1) is 7.11 Å². The van der Waals surface area contributed by atoms with Gasteiger partial charge >= 0.3 is 5.97 Å². The topological polar surface area (TPSA) is 61.5 Å². The molecule has 0 atom stereocenters. The Kier molecular flexibility index (Phi) is 4.63. The summed E-state index contributed by atoms with van der Waals surface area (Å²) in [6, 6.07) is 7.49. The van der Waals surface area contributed by atoms with E-state index < -0.39 is 0 Å². The number of carbonyl (C=O) groups excluding carboxylic acids is 1. The van der Waals surface area contributed by atoms with Crippen molar-refractivity contribution >= 4 is 5.97 Å². The molecule has 1 rings (SSSR count). The first kappa shape index (κ1) is 11.5. The van der Waals surface area contributed by atoms with Crippen molar-refractivity contribution in [3.63, 3.8) is 0 Å². The number of hydrogen-bond acceptors (Lipinski definition) is 4. The molecule has 82 valence electrons. The van der Waals surface area contributed by atoms with E-state index in [0.29, 0.717) is 12.3 Å². The lowest BCUT2D eigenvalue weighted by atomic mass is 10.1. The molecule has 15 heavy (non-hydrogen) atoms. The van der Waals surface area contributed by atoms with Gasteiger partial charge in [-0.2, -0.15) is 0 Å². The van der Waals surface area contributed by atoms with Crippen molar-refractivity contribution in [2.45, 2.75) is 6.42 Å². The average Bonchev–Trinajstić information content (AvgIpc) is 2.28. The summed E-state index contributed by atoms with van der Waals surface area (Å²) in [7, 11) is 1.33. The van der Waals surface area contributed by atoms with Crippen molar-refractivity contribution in [1.29, 1.82) is 0 Å². The maximum atomic E-state index is 10.8. The number of nitrogens with two attached hydrogens (primary N) is 1. The van der Waals surface area contributed by atoms with Gasteiger partial charge in [0.1, 0.15) is 5.75 Å². The summed E-state index contributed by atoms with van der Waals surface area (Å²) >= 11 is 0. The minimum absolute atomic E-state index is 0.0628. The van der Waals surface area contributed by atoms with Gasteiger partial charge in [-0.3, -0.25) is 0 Å². The predicted molar refractivity (Wildman–Crippen MR) is 56.7 cm³/mol. The minimum Gasteiger partial charge on any atom is -0.482 e. The lowest BCUT2D eigenvalue weighted by molar-refractivity contribution is -0.142. The molecular weight excluding hydrogens is 194 g/mol. The second-order valence-electron chi connectivity index (χ2n) is 3.05. The summed E-state index contributed by atoms with van der Waals surface area (Å²) in [4.78, 5) is 10.8. The molecule has 0 amide bonds. The largest absolute Gasteiger partial charge is 0.482 e. The van der Waals surface area contributed by atoms with Gasteiger partial charge in [0.25, 0.3) is 0 Å². The number of rotatable bonds is 5. The van der Waals surface area contributed by atoms with Crippen LogP contribution in [-0.4, -0.2) is 26.2 Å². The fourth-order valence-electron chi connectivity index (χ4n) is 1.12. The third-order valence-electron chi connectivity index (χ3n) is 1.94. The number of hydrogen-bond donors (Lipinski definition) is 1. The minimum atomic E-state index is -0.388. The number of methoxy groups -OCH3 is 1. The van der Waals surface area contributed by atoms with Crippen LogP contribution in [0.5, 0.6) is 5.75 Å². The van der Waals surface area contributed by atoms with Crippen LogP contribution in [-0.2, 0) is 16.0 Å². The molecule has 0 radical (unpaired) electrons. The molecule has 0 bridgehead atoms. The molecule has 0 unspecified atom stereocenters. The van der Waals surface area contributed by atoms with Crippen LogP contribution in [0.3, 0.4) is 0 Å². The lowest BCUT2D eigenvalue weighted by Gasteiger charge is -2.05. The van der Waals surface area contributed by atoms with E-state index in [0.717, 1.165) is 12.0 Å². The van der Waals surface area contributed by atoms with Crippen LogP contribution in [0, 0.1) is 0 Å². The van der Waals surface area contributed by atoms with Crippen molar-refractivity contribution in [3.05, 3.63) is 29.8 Å². The van der Waals surface area contributed by atoms with E-state index in [9.17, 15) is 4.79 Å². The average molecular weight is 209 g/mol. The van der Waals surface area contributed by atoms with Crippen LogP contribution in [0.1, 0.15) is 5.56 Å². The Bertz CT molecular complexity index is 308.